The molecule has 0 unspecified atom stereocenters. The van der Waals surface area contributed by atoms with Crippen LogP contribution in [0.2, 0.25) is 10.0 Å². The van der Waals surface area contributed by atoms with Crippen LogP contribution in [-0.4, -0.2) is 55.3 Å². The van der Waals surface area contributed by atoms with E-state index in [1.807, 2.05) is 0 Å². The Morgan fingerprint density at radius 3 is 2.13 bits per heavy atom. The number of amides is 1. The minimum absolute atomic E-state index is 0.0133. The van der Waals surface area contributed by atoms with Crippen LogP contribution in [-0.2, 0) is 19.6 Å². The Bertz CT molecular complexity index is 1460. The quantitative estimate of drug-likeness (QED) is 0.343. The van der Waals surface area contributed by atoms with Crippen molar-refractivity contribution in [1.82, 2.24) is 0 Å². The molecule has 202 valence electrons. The number of carbonyl (C=O) groups excluding carboxylic acids is 2. The predicted octanol–water partition coefficient (Wildman–Crippen LogP) is 4.64. The summed E-state index contributed by atoms with van der Waals surface area (Å²) in [6.07, 6.45) is 0. The number of nitrogens with one attached hydrogen (secondary N) is 1. The van der Waals surface area contributed by atoms with Crippen LogP contribution in [0.1, 0.15) is 10.4 Å². The van der Waals surface area contributed by atoms with Gasteiger partial charge in [-0.1, -0.05) is 23.2 Å². The second-order valence-corrected chi connectivity index (χ2v) is 10.3. The normalized spacial score (nSPS) is 10.9. The average molecular weight is 583 g/mol. The van der Waals surface area contributed by atoms with Crippen molar-refractivity contribution in [2.24, 2.45) is 0 Å². The number of methoxy groups -OCH3 is 4. The summed E-state index contributed by atoms with van der Waals surface area (Å²) in [5, 5.41) is 2.88. The minimum Gasteiger partial charge on any atom is -0.495 e. The van der Waals surface area contributed by atoms with Gasteiger partial charge in [0.15, 0.2) is 11.5 Å². The number of nitrogens with zero attached hydrogens (tertiary/aromatic N) is 1. The van der Waals surface area contributed by atoms with Gasteiger partial charge in [0.2, 0.25) is 5.91 Å². The summed E-state index contributed by atoms with van der Waals surface area (Å²) in [6.45, 7) is -0.702. The third-order valence-electron chi connectivity index (χ3n) is 5.30. The fraction of sp³-hybridized carbons (Fsp3) is 0.200. The van der Waals surface area contributed by atoms with Gasteiger partial charge in [-0.05, 0) is 48.5 Å². The van der Waals surface area contributed by atoms with Crippen molar-refractivity contribution in [2.45, 2.75) is 4.90 Å². The summed E-state index contributed by atoms with van der Waals surface area (Å²) in [5.74, 6) is -0.769. The molecule has 10 nitrogen and oxygen atoms in total. The Kier molecular flexibility index (Phi) is 9.31. The summed E-state index contributed by atoms with van der Waals surface area (Å²) in [4.78, 5) is 24.9. The molecule has 0 heterocycles. The van der Waals surface area contributed by atoms with Crippen molar-refractivity contribution in [1.29, 1.82) is 0 Å². The molecule has 0 fully saturated rings. The van der Waals surface area contributed by atoms with Gasteiger partial charge >= 0.3 is 5.97 Å². The lowest BCUT2D eigenvalue weighted by molar-refractivity contribution is -0.114. The molecule has 0 aliphatic heterocycles. The standard InChI is InChI=1S/C25H24Cl2N2O8S/c1-34-21-9-6-16(26)12-20(21)29(38(32,33)17-7-10-22(35-2)23(13-17)36-3)14-24(30)28-19-11-15(25(31)37-4)5-8-18(19)27/h5-13H,14H2,1-4H3,(H,28,30). The van der Waals surface area contributed by atoms with Crippen molar-refractivity contribution in [3.05, 3.63) is 70.2 Å². The number of hydrogen-bond donors (Lipinski definition) is 1. The first-order valence-corrected chi connectivity index (χ1v) is 13.0. The molecule has 1 N–H and O–H groups in total. The van der Waals surface area contributed by atoms with Crippen molar-refractivity contribution in [2.75, 3.05) is 44.6 Å². The van der Waals surface area contributed by atoms with Gasteiger partial charge in [0.25, 0.3) is 10.0 Å². The van der Waals surface area contributed by atoms with Crippen LogP contribution >= 0.6 is 23.2 Å². The summed E-state index contributed by atoms with van der Waals surface area (Å²) in [5.41, 5.74) is 0.235. The van der Waals surface area contributed by atoms with Gasteiger partial charge in [0.05, 0.1) is 55.3 Å². The summed E-state index contributed by atoms with van der Waals surface area (Å²) < 4.78 is 49.1. The number of hydrogen-bond acceptors (Lipinski definition) is 8. The van der Waals surface area contributed by atoms with Crippen LogP contribution in [0.3, 0.4) is 0 Å². The van der Waals surface area contributed by atoms with E-state index in [-0.39, 0.29) is 43.4 Å². The van der Waals surface area contributed by atoms with Crippen LogP contribution in [0.5, 0.6) is 17.2 Å². The molecule has 0 aromatic heterocycles. The lowest BCUT2D eigenvalue weighted by Crippen LogP contribution is -2.38. The first-order valence-electron chi connectivity index (χ1n) is 10.8. The van der Waals surface area contributed by atoms with Crippen LogP contribution in [0.4, 0.5) is 11.4 Å². The number of anilines is 2. The fourth-order valence-electron chi connectivity index (χ4n) is 3.45. The third kappa shape index (κ3) is 6.24. The van der Waals surface area contributed by atoms with Crippen LogP contribution in [0.15, 0.2) is 59.5 Å². The maximum Gasteiger partial charge on any atom is 0.337 e. The molecule has 3 aromatic rings. The van der Waals surface area contributed by atoms with Gasteiger partial charge in [-0.2, -0.15) is 0 Å². The SMILES string of the molecule is COC(=O)c1ccc(Cl)c(NC(=O)CN(c2cc(Cl)ccc2OC)S(=O)(=O)c2ccc(OC)c(OC)c2)c1. The summed E-state index contributed by atoms with van der Waals surface area (Å²) >= 11 is 12.4. The number of ether oxygens (including phenoxy) is 4. The van der Waals surface area contributed by atoms with Gasteiger partial charge in [-0.15, -0.1) is 0 Å². The smallest absolute Gasteiger partial charge is 0.337 e. The van der Waals surface area contributed by atoms with E-state index in [1.165, 1.54) is 83.0 Å². The molecule has 0 spiro atoms. The molecule has 1 amide bonds. The van der Waals surface area contributed by atoms with E-state index in [4.69, 9.17) is 42.1 Å². The highest BCUT2D eigenvalue weighted by molar-refractivity contribution is 7.92. The number of benzene rings is 3. The highest BCUT2D eigenvalue weighted by Crippen LogP contribution is 2.37. The maximum atomic E-state index is 13.9. The molecule has 13 heteroatoms. The topological polar surface area (TPSA) is 120 Å². The van der Waals surface area contributed by atoms with E-state index in [0.717, 1.165) is 4.31 Å². The number of sulfonamides is 1. The number of carbonyl (C=O) groups is 2. The molecule has 0 aliphatic rings. The van der Waals surface area contributed by atoms with Crippen molar-refractivity contribution < 1.29 is 37.0 Å². The number of halogens is 2. The maximum absolute atomic E-state index is 13.9. The lowest BCUT2D eigenvalue weighted by Gasteiger charge is -2.26. The van der Waals surface area contributed by atoms with Gasteiger partial charge in [0, 0.05) is 11.1 Å². The van der Waals surface area contributed by atoms with Crippen LogP contribution in [0, 0.1) is 0 Å². The van der Waals surface area contributed by atoms with Crippen molar-refractivity contribution >= 4 is 56.5 Å². The summed E-state index contributed by atoms with van der Waals surface area (Å²) in [6, 6.07) is 12.5. The zero-order valence-corrected chi connectivity index (χ0v) is 23.1. The van der Waals surface area contributed by atoms with E-state index in [9.17, 15) is 18.0 Å². The van der Waals surface area contributed by atoms with Crippen molar-refractivity contribution in [3.8, 4) is 17.2 Å². The zero-order valence-electron chi connectivity index (χ0n) is 20.8. The van der Waals surface area contributed by atoms with E-state index in [2.05, 4.69) is 5.32 Å². The van der Waals surface area contributed by atoms with E-state index >= 15 is 0 Å². The van der Waals surface area contributed by atoms with E-state index in [1.54, 1.807) is 0 Å². The van der Waals surface area contributed by atoms with Gasteiger partial charge in [-0.3, -0.25) is 9.10 Å². The van der Waals surface area contributed by atoms with Crippen molar-refractivity contribution in [3.63, 3.8) is 0 Å². The van der Waals surface area contributed by atoms with Crippen LogP contribution < -0.4 is 23.8 Å². The summed E-state index contributed by atoms with van der Waals surface area (Å²) in [7, 11) is 0.956. The molecule has 0 bridgehead atoms. The molecule has 0 saturated heterocycles. The Labute approximate surface area is 230 Å². The lowest BCUT2D eigenvalue weighted by atomic mass is 10.2. The van der Waals surface area contributed by atoms with Gasteiger partial charge in [-0.25, -0.2) is 13.2 Å². The Morgan fingerprint density at radius 1 is 0.842 bits per heavy atom. The minimum atomic E-state index is -4.39. The zero-order chi connectivity index (χ0) is 28.0. The molecule has 38 heavy (non-hydrogen) atoms. The number of esters is 1. The number of rotatable bonds is 10. The Morgan fingerprint density at radius 2 is 1.50 bits per heavy atom. The third-order valence-corrected chi connectivity index (χ3v) is 7.62. The highest BCUT2D eigenvalue weighted by atomic mass is 35.5. The Hall–Kier alpha value is -3.67. The van der Waals surface area contributed by atoms with Gasteiger partial charge < -0.3 is 24.3 Å². The molecule has 0 saturated carbocycles. The van der Waals surface area contributed by atoms with Gasteiger partial charge in [0.1, 0.15) is 12.3 Å². The van der Waals surface area contributed by atoms with E-state index in [0.29, 0.717) is 5.75 Å². The molecule has 3 aromatic carbocycles. The highest BCUT2D eigenvalue weighted by Gasteiger charge is 2.31. The second-order valence-electron chi connectivity index (χ2n) is 7.58. The molecular formula is C25H24Cl2N2O8S. The molecule has 0 atom stereocenters. The molecular weight excluding hydrogens is 559 g/mol. The predicted molar refractivity (Wildman–Crippen MR) is 144 cm³/mol. The second kappa shape index (κ2) is 12.2. The van der Waals surface area contributed by atoms with Crippen LogP contribution in [0.25, 0.3) is 0 Å². The molecule has 0 radical (unpaired) electrons. The first-order chi connectivity index (χ1) is 18.0. The molecule has 0 aliphatic carbocycles. The largest absolute Gasteiger partial charge is 0.495 e. The Balaban J connectivity index is 2.07. The first kappa shape index (κ1) is 28.9. The molecule has 3 rings (SSSR count). The fourth-order valence-corrected chi connectivity index (χ4v) is 5.22. The average Bonchev–Trinajstić information content (AvgIpc) is 2.91. The van der Waals surface area contributed by atoms with E-state index < -0.39 is 28.4 Å². The monoisotopic (exact) mass is 582 g/mol.